The Morgan fingerprint density at radius 2 is 2.10 bits per heavy atom. The summed E-state index contributed by atoms with van der Waals surface area (Å²) in [6, 6.07) is 9.52. The quantitative estimate of drug-likeness (QED) is 0.796. The van der Waals surface area contributed by atoms with Gasteiger partial charge in [0.1, 0.15) is 11.5 Å². The highest BCUT2D eigenvalue weighted by Gasteiger charge is 2.69. The van der Waals surface area contributed by atoms with E-state index >= 15 is 0 Å². The van der Waals surface area contributed by atoms with Gasteiger partial charge in [-0.2, -0.15) is 0 Å². The predicted molar refractivity (Wildman–Crippen MR) is 86.4 cm³/mol. The second-order valence-electron chi connectivity index (χ2n) is 5.30. The minimum Gasteiger partial charge on any atom is -0.476 e. The molecule has 0 unspecified atom stereocenters. The third-order valence-corrected chi connectivity index (χ3v) is 7.22. The zero-order valence-electron chi connectivity index (χ0n) is 12.4. The lowest BCUT2D eigenvalue weighted by atomic mass is 10.0. The molecule has 6 heteroatoms. The molecule has 0 spiro atoms. The Labute approximate surface area is 133 Å². The maximum Gasteiger partial charge on any atom is 0.272 e. The van der Waals surface area contributed by atoms with Crippen LogP contribution in [0, 0.1) is 0 Å². The van der Waals surface area contributed by atoms with Crippen LogP contribution in [0.2, 0.25) is 0 Å². The van der Waals surface area contributed by atoms with Gasteiger partial charge >= 0.3 is 0 Å². The molecule has 0 aromatic heterocycles. The number of hydrogen-bond acceptors (Lipinski definition) is 5. The number of para-hydroxylation sites is 1. The third-order valence-electron chi connectivity index (χ3n) is 4.16. The Morgan fingerprint density at radius 1 is 1.38 bits per heavy atom. The van der Waals surface area contributed by atoms with Gasteiger partial charge in [-0.25, -0.2) is 0 Å². The summed E-state index contributed by atoms with van der Waals surface area (Å²) in [6.45, 7) is 1.98. The molecule has 2 aliphatic heterocycles. The molecule has 114 valence electrons. The van der Waals surface area contributed by atoms with Gasteiger partial charge in [0.2, 0.25) is 6.10 Å². The number of β-lactam (4-membered cyclic amide) rings is 1. The molecule has 3 atom stereocenters. The van der Waals surface area contributed by atoms with Crippen molar-refractivity contribution in [2.75, 3.05) is 19.1 Å². The van der Waals surface area contributed by atoms with Crippen LogP contribution < -0.4 is 4.74 Å². The monoisotopic (exact) mass is 325 g/mol. The molecule has 1 amide bonds. The van der Waals surface area contributed by atoms with Crippen LogP contribution >= 0.6 is 23.5 Å². The van der Waals surface area contributed by atoms with E-state index in [0.717, 1.165) is 17.9 Å². The number of amides is 1. The first-order valence-corrected chi connectivity index (χ1v) is 9.08. The van der Waals surface area contributed by atoms with E-state index in [4.69, 9.17) is 9.47 Å². The van der Waals surface area contributed by atoms with E-state index in [-0.39, 0.29) is 5.91 Å². The summed E-state index contributed by atoms with van der Waals surface area (Å²) < 4.78 is 11.2. The maximum atomic E-state index is 12.6. The summed E-state index contributed by atoms with van der Waals surface area (Å²) in [6.07, 6.45) is 2.39. The summed E-state index contributed by atoms with van der Waals surface area (Å²) in [5.74, 6) is 1.68. The first kappa shape index (κ1) is 15.1. The number of carbonyl (C=O) groups excluding carboxylic acids is 1. The SMILES string of the molecule is CO[C@@]1(C)CCS[C@@]2(SC)[C@@H](Oc3ccccc3)C(=O)N21. The lowest BCUT2D eigenvalue weighted by Crippen LogP contribution is -2.80. The van der Waals surface area contributed by atoms with E-state index in [0.29, 0.717) is 0 Å². The topological polar surface area (TPSA) is 38.8 Å². The van der Waals surface area contributed by atoms with Crippen LogP contribution in [0.15, 0.2) is 30.3 Å². The average Bonchev–Trinajstić information content (AvgIpc) is 2.52. The minimum absolute atomic E-state index is 0.00440. The van der Waals surface area contributed by atoms with Gasteiger partial charge in [0.25, 0.3) is 5.91 Å². The molecule has 3 rings (SSSR count). The zero-order valence-corrected chi connectivity index (χ0v) is 14.0. The van der Waals surface area contributed by atoms with Crippen molar-refractivity contribution in [3.05, 3.63) is 30.3 Å². The zero-order chi connectivity index (χ0) is 15.1. The van der Waals surface area contributed by atoms with E-state index in [1.54, 1.807) is 30.6 Å². The number of ether oxygens (including phenoxy) is 2. The molecule has 0 saturated carbocycles. The Balaban J connectivity index is 1.89. The highest BCUT2D eigenvalue weighted by atomic mass is 32.2. The largest absolute Gasteiger partial charge is 0.476 e. The molecule has 2 fully saturated rings. The van der Waals surface area contributed by atoms with Crippen LogP contribution in [0.25, 0.3) is 0 Å². The summed E-state index contributed by atoms with van der Waals surface area (Å²) >= 11 is 3.43. The molecule has 0 bridgehead atoms. The molecule has 2 heterocycles. The molecular formula is C15H19NO3S2. The van der Waals surface area contributed by atoms with Crippen molar-refractivity contribution in [1.29, 1.82) is 0 Å². The van der Waals surface area contributed by atoms with Gasteiger partial charge in [0, 0.05) is 19.3 Å². The van der Waals surface area contributed by atoms with Crippen LogP contribution in [0.1, 0.15) is 13.3 Å². The lowest BCUT2D eigenvalue weighted by Gasteiger charge is -2.63. The molecule has 4 nitrogen and oxygen atoms in total. The number of carbonyl (C=O) groups is 1. The number of nitrogens with zero attached hydrogens (tertiary/aromatic N) is 1. The van der Waals surface area contributed by atoms with Gasteiger partial charge in [-0.3, -0.25) is 9.69 Å². The third kappa shape index (κ3) is 2.15. The average molecular weight is 325 g/mol. The Bertz CT molecular complexity index is 541. The van der Waals surface area contributed by atoms with Gasteiger partial charge in [-0.1, -0.05) is 18.2 Å². The van der Waals surface area contributed by atoms with Crippen molar-refractivity contribution in [3.8, 4) is 5.75 Å². The molecule has 21 heavy (non-hydrogen) atoms. The highest BCUT2D eigenvalue weighted by Crippen LogP contribution is 2.58. The van der Waals surface area contributed by atoms with Crippen LogP contribution in [-0.4, -0.2) is 46.0 Å². The first-order chi connectivity index (χ1) is 10.1. The second-order valence-corrected chi connectivity index (χ2v) is 7.91. The fourth-order valence-electron chi connectivity index (χ4n) is 2.89. The van der Waals surface area contributed by atoms with E-state index in [2.05, 4.69) is 0 Å². The number of fused-ring (bicyclic) bond motifs is 1. The predicted octanol–water partition coefficient (Wildman–Crippen LogP) is 2.79. The molecule has 1 aromatic rings. The highest BCUT2D eigenvalue weighted by molar-refractivity contribution is 8.18. The van der Waals surface area contributed by atoms with Crippen molar-refractivity contribution in [1.82, 2.24) is 4.90 Å². The van der Waals surface area contributed by atoms with E-state index in [1.807, 2.05) is 48.4 Å². The lowest BCUT2D eigenvalue weighted by molar-refractivity contribution is -0.209. The molecule has 0 radical (unpaired) electrons. The van der Waals surface area contributed by atoms with Crippen LogP contribution in [0.4, 0.5) is 0 Å². The second kappa shape index (κ2) is 5.41. The first-order valence-electron chi connectivity index (χ1n) is 6.87. The van der Waals surface area contributed by atoms with E-state index in [9.17, 15) is 4.79 Å². The van der Waals surface area contributed by atoms with Gasteiger partial charge in [0.15, 0.2) is 4.20 Å². The Morgan fingerprint density at radius 3 is 2.71 bits per heavy atom. The smallest absolute Gasteiger partial charge is 0.272 e. The summed E-state index contributed by atoms with van der Waals surface area (Å²) in [5.41, 5.74) is -0.540. The number of hydrogen-bond donors (Lipinski definition) is 0. The van der Waals surface area contributed by atoms with Gasteiger partial charge < -0.3 is 9.47 Å². The molecule has 0 aliphatic carbocycles. The van der Waals surface area contributed by atoms with Crippen LogP contribution in [-0.2, 0) is 9.53 Å². The normalized spacial score (nSPS) is 35.1. The number of benzene rings is 1. The van der Waals surface area contributed by atoms with Crippen molar-refractivity contribution >= 4 is 29.4 Å². The number of rotatable bonds is 4. The fourth-order valence-corrected chi connectivity index (χ4v) is 5.93. The molecule has 0 N–H and O–H groups in total. The van der Waals surface area contributed by atoms with Gasteiger partial charge in [0.05, 0.1) is 0 Å². The Hall–Kier alpha value is -0.850. The molecule has 2 saturated heterocycles. The number of thioether (sulfide) groups is 2. The minimum atomic E-state index is -0.540. The van der Waals surface area contributed by atoms with Crippen molar-refractivity contribution in [3.63, 3.8) is 0 Å². The molecule has 2 aliphatic rings. The summed E-state index contributed by atoms with van der Waals surface area (Å²) in [5, 5.41) is 0. The standard InChI is InChI=1S/C15H19NO3S2/c1-14(18-2)9-10-21-15(20-3)12(13(17)16(14)15)19-11-7-5-4-6-8-11/h4-8,12H,9-10H2,1-3H3/t12-,14-,15-/m0/s1. The maximum absolute atomic E-state index is 12.6. The molecular weight excluding hydrogens is 306 g/mol. The van der Waals surface area contributed by atoms with Crippen LogP contribution in [0.5, 0.6) is 5.75 Å². The van der Waals surface area contributed by atoms with E-state index < -0.39 is 16.0 Å². The summed E-state index contributed by atoms with van der Waals surface area (Å²) in [4.78, 5) is 14.5. The van der Waals surface area contributed by atoms with Crippen molar-refractivity contribution in [2.24, 2.45) is 0 Å². The number of methoxy groups -OCH3 is 1. The van der Waals surface area contributed by atoms with Crippen molar-refractivity contribution in [2.45, 2.75) is 29.4 Å². The van der Waals surface area contributed by atoms with Crippen LogP contribution in [0.3, 0.4) is 0 Å². The van der Waals surface area contributed by atoms with Gasteiger partial charge in [-0.15, -0.1) is 23.5 Å². The Kier molecular flexibility index (Phi) is 3.88. The fraction of sp³-hybridized carbons (Fsp3) is 0.533. The van der Waals surface area contributed by atoms with Gasteiger partial charge in [-0.05, 0) is 25.3 Å². The summed E-state index contributed by atoms with van der Waals surface area (Å²) in [7, 11) is 1.67. The van der Waals surface area contributed by atoms with Crippen molar-refractivity contribution < 1.29 is 14.3 Å². The molecule has 1 aromatic carbocycles. The van der Waals surface area contributed by atoms with E-state index in [1.165, 1.54) is 0 Å².